The molecule has 4 nitrogen and oxygen atoms in total. The summed E-state index contributed by atoms with van der Waals surface area (Å²) >= 11 is 5.58. The molecule has 0 aliphatic heterocycles. The topological polar surface area (TPSA) is 52.1 Å². The molecule has 1 aromatic carbocycles. The number of carbonyl (C=O) groups excluding carboxylic acids is 1. The highest BCUT2D eigenvalue weighted by Crippen LogP contribution is 2.07. The second-order valence-corrected chi connectivity index (χ2v) is 4.17. The summed E-state index contributed by atoms with van der Waals surface area (Å²) in [7, 11) is 0. The Morgan fingerprint density at radius 2 is 1.94 bits per heavy atom. The number of halogens is 1. The largest absolute Gasteiger partial charge is 0.456 e. The minimum Gasteiger partial charge on any atom is -0.456 e. The predicted octanol–water partition coefficient (Wildman–Crippen LogP) is 2.80. The van der Waals surface area contributed by atoms with Crippen LogP contribution in [0.5, 0.6) is 0 Å². The van der Waals surface area contributed by atoms with Crippen molar-refractivity contribution < 1.29 is 9.53 Å². The summed E-state index contributed by atoms with van der Waals surface area (Å²) in [6, 6.07) is 7.75. The molecule has 0 atom stereocenters. The number of benzene rings is 1. The Hall–Kier alpha value is -1.94. The number of hydrogen-bond donors (Lipinski definition) is 0. The third-order valence-electron chi connectivity index (χ3n) is 2.32. The van der Waals surface area contributed by atoms with Crippen LogP contribution in [0.3, 0.4) is 0 Å². The molecule has 2 aromatic rings. The molecule has 0 fully saturated rings. The normalized spacial score (nSPS) is 10.1. The van der Waals surface area contributed by atoms with Crippen LogP contribution in [0.25, 0.3) is 0 Å². The van der Waals surface area contributed by atoms with E-state index in [0.29, 0.717) is 0 Å². The number of carbonyl (C=O) groups is 1. The molecule has 0 unspecified atom stereocenters. The van der Waals surface area contributed by atoms with Crippen LogP contribution in [0.1, 0.15) is 21.6 Å². The molecule has 0 aliphatic carbocycles. The molecule has 0 spiro atoms. The van der Waals surface area contributed by atoms with E-state index in [9.17, 15) is 4.79 Å². The van der Waals surface area contributed by atoms with Crippen molar-refractivity contribution in [3.63, 3.8) is 0 Å². The second kappa shape index (κ2) is 5.60. The summed E-state index contributed by atoms with van der Waals surface area (Å²) in [5.74, 6) is -0.514. The van der Waals surface area contributed by atoms with E-state index in [2.05, 4.69) is 9.97 Å². The molecular formula is C13H11ClN2O2. The number of esters is 1. The Morgan fingerprint density at radius 1 is 1.22 bits per heavy atom. The monoisotopic (exact) mass is 262 g/mol. The van der Waals surface area contributed by atoms with Crippen molar-refractivity contribution in [2.75, 3.05) is 0 Å². The molecule has 2 rings (SSSR count). The average Bonchev–Trinajstić information content (AvgIpc) is 2.38. The molecule has 0 bridgehead atoms. The Kier molecular flexibility index (Phi) is 3.89. The van der Waals surface area contributed by atoms with E-state index in [1.54, 1.807) is 0 Å². The Labute approximate surface area is 110 Å². The van der Waals surface area contributed by atoms with Gasteiger partial charge >= 0.3 is 5.97 Å². The van der Waals surface area contributed by atoms with Gasteiger partial charge in [-0.3, -0.25) is 0 Å². The van der Waals surface area contributed by atoms with Crippen molar-refractivity contribution >= 4 is 17.6 Å². The van der Waals surface area contributed by atoms with Gasteiger partial charge in [-0.05, 0) is 12.5 Å². The fourth-order valence-corrected chi connectivity index (χ4v) is 1.42. The smallest absolute Gasteiger partial charge is 0.358 e. The van der Waals surface area contributed by atoms with Crippen LogP contribution in [0.2, 0.25) is 5.15 Å². The quantitative estimate of drug-likeness (QED) is 0.798. The molecular weight excluding hydrogens is 252 g/mol. The van der Waals surface area contributed by atoms with E-state index >= 15 is 0 Å². The van der Waals surface area contributed by atoms with E-state index in [1.807, 2.05) is 31.2 Å². The van der Waals surface area contributed by atoms with Gasteiger partial charge in [-0.15, -0.1) is 0 Å². The van der Waals surface area contributed by atoms with Crippen molar-refractivity contribution in [2.24, 2.45) is 0 Å². The van der Waals surface area contributed by atoms with Crippen molar-refractivity contribution in [1.29, 1.82) is 0 Å². The van der Waals surface area contributed by atoms with Crippen molar-refractivity contribution in [3.05, 3.63) is 58.6 Å². The Morgan fingerprint density at radius 3 is 2.56 bits per heavy atom. The van der Waals surface area contributed by atoms with Gasteiger partial charge in [0.25, 0.3) is 0 Å². The van der Waals surface area contributed by atoms with E-state index in [4.69, 9.17) is 16.3 Å². The molecule has 0 saturated heterocycles. The fraction of sp³-hybridized carbons (Fsp3) is 0.154. The lowest BCUT2D eigenvalue weighted by Gasteiger charge is -2.04. The first-order chi connectivity index (χ1) is 8.65. The van der Waals surface area contributed by atoms with E-state index in [-0.39, 0.29) is 17.5 Å². The molecule has 0 aliphatic rings. The number of rotatable bonds is 3. The first kappa shape index (κ1) is 12.5. The highest BCUT2D eigenvalue weighted by Gasteiger charge is 2.09. The molecule has 92 valence electrons. The van der Waals surface area contributed by atoms with Gasteiger partial charge in [-0.25, -0.2) is 14.8 Å². The zero-order valence-corrected chi connectivity index (χ0v) is 10.5. The van der Waals surface area contributed by atoms with Gasteiger partial charge in [0.05, 0.1) is 12.4 Å². The lowest BCUT2D eigenvalue weighted by molar-refractivity contribution is 0.0465. The Balaban J connectivity index is 1.96. The summed E-state index contributed by atoms with van der Waals surface area (Å²) in [5, 5.41) is 0.241. The fourth-order valence-electron chi connectivity index (χ4n) is 1.32. The zero-order chi connectivity index (χ0) is 13.0. The summed E-state index contributed by atoms with van der Waals surface area (Å²) in [5.41, 5.74) is 2.23. The summed E-state index contributed by atoms with van der Waals surface area (Å²) in [4.78, 5) is 19.2. The first-order valence-electron chi connectivity index (χ1n) is 5.35. The number of aryl methyl sites for hydroxylation is 1. The zero-order valence-electron chi connectivity index (χ0n) is 9.76. The van der Waals surface area contributed by atoms with Crippen LogP contribution < -0.4 is 0 Å². The number of aromatic nitrogens is 2. The average molecular weight is 263 g/mol. The molecule has 1 heterocycles. The van der Waals surface area contributed by atoms with Gasteiger partial charge in [0, 0.05) is 0 Å². The molecule has 0 N–H and O–H groups in total. The minimum atomic E-state index is -0.514. The molecule has 1 aromatic heterocycles. The van der Waals surface area contributed by atoms with Crippen LogP contribution in [0.4, 0.5) is 0 Å². The van der Waals surface area contributed by atoms with Crippen LogP contribution in [0, 0.1) is 6.92 Å². The van der Waals surface area contributed by atoms with E-state index in [1.165, 1.54) is 12.4 Å². The first-order valence-corrected chi connectivity index (χ1v) is 5.73. The number of ether oxygens (including phenoxy) is 1. The second-order valence-electron chi connectivity index (χ2n) is 3.79. The van der Waals surface area contributed by atoms with Gasteiger partial charge in [0.1, 0.15) is 11.8 Å². The van der Waals surface area contributed by atoms with Gasteiger partial charge in [0.2, 0.25) is 0 Å². The van der Waals surface area contributed by atoms with Crippen molar-refractivity contribution in [3.8, 4) is 0 Å². The predicted molar refractivity (Wildman–Crippen MR) is 67.3 cm³/mol. The maximum absolute atomic E-state index is 11.6. The lowest BCUT2D eigenvalue weighted by Crippen LogP contribution is -2.07. The summed E-state index contributed by atoms with van der Waals surface area (Å²) in [6.07, 6.45) is 2.60. The van der Waals surface area contributed by atoms with Gasteiger partial charge in [0.15, 0.2) is 5.69 Å². The molecule has 18 heavy (non-hydrogen) atoms. The number of hydrogen-bond acceptors (Lipinski definition) is 4. The van der Waals surface area contributed by atoms with Crippen molar-refractivity contribution in [2.45, 2.75) is 13.5 Å². The molecule has 0 saturated carbocycles. The number of nitrogens with zero attached hydrogens (tertiary/aromatic N) is 2. The maximum Gasteiger partial charge on any atom is 0.358 e. The third kappa shape index (κ3) is 3.28. The van der Waals surface area contributed by atoms with Crippen LogP contribution >= 0.6 is 11.6 Å². The van der Waals surface area contributed by atoms with Crippen LogP contribution in [-0.2, 0) is 11.3 Å². The molecule has 0 radical (unpaired) electrons. The highest BCUT2D eigenvalue weighted by atomic mass is 35.5. The van der Waals surface area contributed by atoms with Gasteiger partial charge < -0.3 is 4.74 Å². The Bertz CT molecular complexity index is 538. The van der Waals surface area contributed by atoms with Gasteiger partial charge in [-0.1, -0.05) is 41.4 Å². The van der Waals surface area contributed by atoms with E-state index in [0.717, 1.165) is 11.1 Å². The van der Waals surface area contributed by atoms with Crippen LogP contribution in [0.15, 0.2) is 36.7 Å². The minimum absolute atomic E-state index is 0.145. The SMILES string of the molecule is Cc1ccc(COC(=O)c2cnc(Cl)cn2)cc1. The van der Waals surface area contributed by atoms with Gasteiger partial charge in [-0.2, -0.15) is 0 Å². The third-order valence-corrected chi connectivity index (χ3v) is 2.52. The standard InChI is InChI=1S/C13H11ClN2O2/c1-9-2-4-10(5-3-9)8-18-13(17)11-6-16-12(14)7-15-11/h2-7H,8H2,1H3. The lowest BCUT2D eigenvalue weighted by atomic mass is 10.2. The van der Waals surface area contributed by atoms with E-state index < -0.39 is 5.97 Å². The maximum atomic E-state index is 11.6. The highest BCUT2D eigenvalue weighted by molar-refractivity contribution is 6.29. The molecule has 0 amide bonds. The summed E-state index contributed by atoms with van der Waals surface area (Å²) < 4.78 is 5.11. The summed E-state index contributed by atoms with van der Waals surface area (Å²) in [6.45, 7) is 2.21. The van der Waals surface area contributed by atoms with Crippen molar-refractivity contribution in [1.82, 2.24) is 9.97 Å². The molecule has 5 heteroatoms. The van der Waals surface area contributed by atoms with Crippen LogP contribution in [-0.4, -0.2) is 15.9 Å².